The molecule has 2 amide bonds. The van der Waals surface area contributed by atoms with Crippen LogP contribution in [0, 0.1) is 0 Å². The van der Waals surface area contributed by atoms with Gasteiger partial charge in [-0.3, -0.25) is 5.32 Å². The van der Waals surface area contributed by atoms with E-state index in [4.69, 9.17) is 4.74 Å². The number of carbonyl (C=O) groups excluding carboxylic acids is 1. The standard InChI is InChI=1S/C17H21N5O2/c1-2-13-5-3-4-6-14(13)20-17(23)21-15-11-16(19-12-18-15)22-7-9-24-10-8-22/h3-6,11-12H,2,7-10H2,1H3,(H2,18,19,20,21,23). The van der Waals surface area contributed by atoms with Gasteiger partial charge in [0.15, 0.2) is 0 Å². The number of anilines is 3. The highest BCUT2D eigenvalue weighted by molar-refractivity contribution is 5.99. The van der Waals surface area contributed by atoms with Crippen LogP contribution in [-0.4, -0.2) is 42.3 Å². The van der Waals surface area contributed by atoms with Crippen molar-refractivity contribution in [2.45, 2.75) is 13.3 Å². The highest BCUT2D eigenvalue weighted by Gasteiger charge is 2.14. The summed E-state index contributed by atoms with van der Waals surface area (Å²) in [4.78, 5) is 22.7. The van der Waals surface area contributed by atoms with Crippen molar-refractivity contribution in [3.63, 3.8) is 0 Å². The highest BCUT2D eigenvalue weighted by atomic mass is 16.5. The molecule has 0 radical (unpaired) electrons. The minimum Gasteiger partial charge on any atom is -0.378 e. The van der Waals surface area contributed by atoms with E-state index in [1.54, 1.807) is 6.07 Å². The molecule has 2 aromatic rings. The first-order chi connectivity index (χ1) is 11.8. The molecule has 7 nitrogen and oxygen atoms in total. The number of morpholine rings is 1. The van der Waals surface area contributed by atoms with Gasteiger partial charge in [-0.1, -0.05) is 25.1 Å². The summed E-state index contributed by atoms with van der Waals surface area (Å²) < 4.78 is 5.34. The largest absolute Gasteiger partial charge is 0.378 e. The van der Waals surface area contributed by atoms with E-state index in [0.717, 1.165) is 36.6 Å². The number of hydrogen-bond donors (Lipinski definition) is 2. The molecular formula is C17H21N5O2. The lowest BCUT2D eigenvalue weighted by atomic mass is 10.1. The first kappa shape index (κ1) is 16.2. The number of aryl methyl sites for hydroxylation is 1. The maximum absolute atomic E-state index is 12.2. The Labute approximate surface area is 141 Å². The summed E-state index contributed by atoms with van der Waals surface area (Å²) in [6, 6.07) is 9.20. The number of urea groups is 1. The van der Waals surface area contributed by atoms with Crippen LogP contribution in [0.1, 0.15) is 12.5 Å². The number of rotatable bonds is 4. The summed E-state index contributed by atoms with van der Waals surface area (Å²) in [5.41, 5.74) is 1.89. The number of hydrogen-bond acceptors (Lipinski definition) is 5. The third-order valence-corrected chi connectivity index (χ3v) is 3.88. The molecule has 126 valence electrons. The number of nitrogens with zero attached hydrogens (tertiary/aromatic N) is 3. The Hall–Kier alpha value is -2.67. The molecule has 2 heterocycles. The molecular weight excluding hydrogens is 306 g/mol. The first-order valence-corrected chi connectivity index (χ1v) is 8.07. The van der Waals surface area contributed by atoms with Crippen LogP contribution in [0.25, 0.3) is 0 Å². The van der Waals surface area contributed by atoms with Crippen LogP contribution in [0.5, 0.6) is 0 Å². The van der Waals surface area contributed by atoms with Crippen LogP contribution in [-0.2, 0) is 11.2 Å². The monoisotopic (exact) mass is 327 g/mol. The zero-order valence-electron chi connectivity index (χ0n) is 13.7. The Morgan fingerprint density at radius 1 is 1.21 bits per heavy atom. The molecule has 0 spiro atoms. The Kier molecular flexibility index (Phi) is 5.22. The number of amides is 2. The number of ether oxygens (including phenoxy) is 1. The van der Waals surface area contributed by atoms with Crippen molar-refractivity contribution in [3.8, 4) is 0 Å². The second-order valence-electron chi connectivity index (χ2n) is 5.45. The first-order valence-electron chi connectivity index (χ1n) is 8.07. The minimum atomic E-state index is -0.317. The SMILES string of the molecule is CCc1ccccc1NC(=O)Nc1cc(N2CCOCC2)ncn1. The van der Waals surface area contributed by atoms with Crippen LogP contribution in [0.2, 0.25) is 0 Å². The molecule has 0 unspecified atom stereocenters. The second kappa shape index (κ2) is 7.74. The van der Waals surface area contributed by atoms with Crippen LogP contribution < -0.4 is 15.5 Å². The van der Waals surface area contributed by atoms with E-state index in [2.05, 4.69) is 32.4 Å². The Morgan fingerprint density at radius 3 is 2.79 bits per heavy atom. The van der Waals surface area contributed by atoms with E-state index in [0.29, 0.717) is 19.0 Å². The van der Waals surface area contributed by atoms with Crippen LogP contribution in [0.3, 0.4) is 0 Å². The predicted octanol–water partition coefficient (Wildman–Crippen LogP) is 2.52. The molecule has 1 fully saturated rings. The predicted molar refractivity (Wildman–Crippen MR) is 93.5 cm³/mol. The fourth-order valence-electron chi connectivity index (χ4n) is 2.60. The zero-order chi connectivity index (χ0) is 16.8. The molecule has 1 aliphatic heterocycles. The molecule has 7 heteroatoms. The number of carbonyl (C=O) groups is 1. The minimum absolute atomic E-state index is 0.317. The van der Waals surface area contributed by atoms with Gasteiger partial charge in [0.2, 0.25) is 0 Å². The van der Waals surface area contributed by atoms with Crippen molar-refractivity contribution in [1.29, 1.82) is 0 Å². The normalized spacial score (nSPS) is 14.3. The number of nitrogens with one attached hydrogen (secondary N) is 2. The fraction of sp³-hybridized carbons (Fsp3) is 0.353. The van der Waals surface area contributed by atoms with Gasteiger partial charge in [-0.15, -0.1) is 0 Å². The van der Waals surface area contributed by atoms with Gasteiger partial charge in [-0.25, -0.2) is 14.8 Å². The summed E-state index contributed by atoms with van der Waals surface area (Å²) >= 11 is 0. The van der Waals surface area contributed by atoms with Crippen LogP contribution in [0.15, 0.2) is 36.7 Å². The number of aromatic nitrogens is 2. The Balaban J connectivity index is 1.66. The van der Waals surface area contributed by atoms with Crippen molar-refractivity contribution < 1.29 is 9.53 Å². The van der Waals surface area contributed by atoms with Crippen LogP contribution >= 0.6 is 0 Å². The topological polar surface area (TPSA) is 79.4 Å². The fourth-order valence-corrected chi connectivity index (χ4v) is 2.60. The summed E-state index contributed by atoms with van der Waals surface area (Å²) in [6.45, 7) is 4.98. The number of benzene rings is 1. The summed E-state index contributed by atoms with van der Waals surface area (Å²) in [6.07, 6.45) is 2.31. The van der Waals surface area contributed by atoms with Crippen molar-refractivity contribution in [2.24, 2.45) is 0 Å². The molecule has 0 atom stereocenters. The molecule has 24 heavy (non-hydrogen) atoms. The van der Waals surface area contributed by atoms with Crippen molar-refractivity contribution in [2.75, 3.05) is 41.8 Å². The van der Waals surface area contributed by atoms with E-state index < -0.39 is 0 Å². The van der Waals surface area contributed by atoms with E-state index in [9.17, 15) is 4.79 Å². The highest BCUT2D eigenvalue weighted by Crippen LogP contribution is 2.17. The summed E-state index contributed by atoms with van der Waals surface area (Å²) in [5, 5.41) is 5.63. The van der Waals surface area contributed by atoms with Gasteiger partial charge in [0.1, 0.15) is 18.0 Å². The van der Waals surface area contributed by atoms with E-state index in [-0.39, 0.29) is 6.03 Å². The average Bonchev–Trinajstić information content (AvgIpc) is 2.63. The smallest absolute Gasteiger partial charge is 0.324 e. The molecule has 3 rings (SSSR count). The Morgan fingerprint density at radius 2 is 2.00 bits per heavy atom. The lowest BCUT2D eigenvalue weighted by Gasteiger charge is -2.27. The van der Waals surface area contributed by atoms with Crippen molar-refractivity contribution in [3.05, 3.63) is 42.2 Å². The van der Waals surface area contributed by atoms with E-state index >= 15 is 0 Å². The quantitative estimate of drug-likeness (QED) is 0.902. The van der Waals surface area contributed by atoms with Crippen LogP contribution in [0.4, 0.5) is 22.1 Å². The molecule has 2 N–H and O–H groups in total. The molecule has 1 aromatic heterocycles. The third-order valence-electron chi connectivity index (χ3n) is 3.88. The van der Waals surface area contributed by atoms with Gasteiger partial charge >= 0.3 is 6.03 Å². The third kappa shape index (κ3) is 3.99. The molecule has 0 aliphatic carbocycles. The van der Waals surface area contributed by atoms with Gasteiger partial charge in [0, 0.05) is 24.8 Å². The van der Waals surface area contributed by atoms with Gasteiger partial charge < -0.3 is 15.0 Å². The van der Waals surface area contributed by atoms with Gasteiger partial charge in [-0.05, 0) is 18.1 Å². The summed E-state index contributed by atoms with van der Waals surface area (Å²) in [5.74, 6) is 1.26. The van der Waals surface area contributed by atoms with Gasteiger partial charge in [0.05, 0.1) is 13.2 Å². The maximum atomic E-state index is 12.2. The Bertz CT molecular complexity index is 701. The lowest BCUT2D eigenvalue weighted by molar-refractivity contribution is 0.122. The van der Waals surface area contributed by atoms with Crippen molar-refractivity contribution >= 4 is 23.4 Å². The molecule has 1 aliphatic rings. The van der Waals surface area contributed by atoms with E-state index in [1.165, 1.54) is 6.33 Å². The molecule has 1 aromatic carbocycles. The second-order valence-corrected chi connectivity index (χ2v) is 5.45. The maximum Gasteiger partial charge on any atom is 0.324 e. The van der Waals surface area contributed by atoms with Gasteiger partial charge in [-0.2, -0.15) is 0 Å². The summed E-state index contributed by atoms with van der Waals surface area (Å²) in [7, 11) is 0. The zero-order valence-corrected chi connectivity index (χ0v) is 13.7. The molecule has 0 saturated carbocycles. The van der Waals surface area contributed by atoms with E-state index in [1.807, 2.05) is 24.3 Å². The lowest BCUT2D eigenvalue weighted by Crippen LogP contribution is -2.36. The average molecular weight is 327 g/mol. The number of para-hydroxylation sites is 1. The van der Waals surface area contributed by atoms with Gasteiger partial charge in [0.25, 0.3) is 0 Å². The molecule has 1 saturated heterocycles. The molecule has 0 bridgehead atoms. The van der Waals surface area contributed by atoms with Crippen molar-refractivity contribution in [1.82, 2.24) is 9.97 Å².